The number of hydrogen-bond donors (Lipinski definition) is 2. The fourth-order valence-corrected chi connectivity index (χ4v) is 5.86. The molecule has 208 valence electrons. The van der Waals surface area contributed by atoms with Gasteiger partial charge < -0.3 is 20.1 Å². The number of nitrogens with one attached hydrogen (secondary N) is 2. The number of nitrogens with zero attached hydrogens (tertiary/aromatic N) is 2. The molecule has 42 heavy (non-hydrogen) atoms. The SMILES string of the molecule is COc1ccc2c(c1)c1cc[n+]2Cc2cccc(c2)C[n+]2ccc(c3cc(OC)ccc32)NCc2ccc(cc2)CN1. The molecule has 4 aliphatic heterocycles. The zero-order chi connectivity index (χ0) is 28.5. The molecule has 4 aliphatic rings. The number of anilines is 2. The first-order chi connectivity index (χ1) is 20.7. The molecule has 2 aromatic heterocycles. The zero-order valence-electron chi connectivity index (χ0n) is 23.9. The van der Waals surface area contributed by atoms with Crippen molar-refractivity contribution in [1.29, 1.82) is 0 Å². The van der Waals surface area contributed by atoms with Crippen LogP contribution in [0.5, 0.6) is 11.5 Å². The van der Waals surface area contributed by atoms with Gasteiger partial charge in [-0.3, -0.25) is 0 Å². The summed E-state index contributed by atoms with van der Waals surface area (Å²) in [6.07, 6.45) is 4.35. The molecule has 6 heterocycles. The van der Waals surface area contributed by atoms with Crippen molar-refractivity contribution in [2.45, 2.75) is 26.2 Å². The molecule has 0 saturated heterocycles. The smallest absolute Gasteiger partial charge is 0.215 e. The van der Waals surface area contributed by atoms with Crippen molar-refractivity contribution in [1.82, 2.24) is 0 Å². The first-order valence-electron chi connectivity index (χ1n) is 14.3. The first kappa shape index (κ1) is 25.8. The highest BCUT2D eigenvalue weighted by atomic mass is 16.5. The molecule has 0 saturated carbocycles. The van der Waals surface area contributed by atoms with E-state index in [1.807, 2.05) is 12.1 Å². The van der Waals surface area contributed by atoms with Crippen LogP contribution in [0.2, 0.25) is 0 Å². The average molecular weight is 555 g/mol. The molecule has 0 spiro atoms. The second-order valence-corrected chi connectivity index (χ2v) is 10.8. The Morgan fingerprint density at radius 1 is 0.524 bits per heavy atom. The maximum atomic E-state index is 5.59. The fourth-order valence-electron chi connectivity index (χ4n) is 5.86. The van der Waals surface area contributed by atoms with E-state index in [-0.39, 0.29) is 0 Å². The number of rotatable bonds is 2. The lowest BCUT2D eigenvalue weighted by Gasteiger charge is -2.12. The summed E-state index contributed by atoms with van der Waals surface area (Å²) in [5.41, 5.74) is 9.45. The van der Waals surface area contributed by atoms with Crippen LogP contribution >= 0.6 is 0 Å². The molecule has 0 atom stereocenters. The van der Waals surface area contributed by atoms with Gasteiger partial charge in [-0.2, -0.15) is 9.13 Å². The number of pyridine rings is 2. The summed E-state index contributed by atoms with van der Waals surface area (Å²) in [6.45, 7) is 3.00. The molecule has 10 rings (SSSR count). The van der Waals surface area contributed by atoms with Crippen LogP contribution in [0.25, 0.3) is 21.8 Å². The molecule has 6 nitrogen and oxygen atoms in total. The normalized spacial score (nSPS) is 13.0. The van der Waals surface area contributed by atoms with E-state index in [2.05, 4.69) is 117 Å². The third-order valence-corrected chi connectivity index (χ3v) is 8.14. The van der Waals surface area contributed by atoms with Gasteiger partial charge in [-0.15, -0.1) is 0 Å². The van der Waals surface area contributed by atoms with E-state index in [9.17, 15) is 0 Å². The highest BCUT2D eigenvalue weighted by Gasteiger charge is 2.18. The Hall–Kier alpha value is -5.10. The Morgan fingerprint density at radius 2 is 1.00 bits per heavy atom. The van der Waals surface area contributed by atoms with Crippen molar-refractivity contribution in [3.8, 4) is 11.5 Å². The van der Waals surface area contributed by atoms with Gasteiger partial charge in [-0.25, -0.2) is 0 Å². The van der Waals surface area contributed by atoms with Crippen LogP contribution in [0.15, 0.2) is 109 Å². The van der Waals surface area contributed by atoms with E-state index in [4.69, 9.17) is 9.47 Å². The largest absolute Gasteiger partial charge is 0.497 e. The summed E-state index contributed by atoms with van der Waals surface area (Å²) >= 11 is 0. The molecule has 0 aliphatic carbocycles. The molecular weight excluding hydrogens is 520 g/mol. The van der Waals surface area contributed by atoms with Crippen molar-refractivity contribution in [2.75, 3.05) is 24.9 Å². The highest BCUT2D eigenvalue weighted by Crippen LogP contribution is 2.28. The second kappa shape index (κ2) is 11.1. The van der Waals surface area contributed by atoms with Gasteiger partial charge in [0.1, 0.15) is 11.5 Å². The van der Waals surface area contributed by atoms with E-state index < -0.39 is 0 Å². The molecule has 6 aromatic rings. The lowest BCUT2D eigenvalue weighted by Crippen LogP contribution is -2.36. The summed E-state index contributed by atoms with van der Waals surface area (Å²) in [5, 5.41) is 9.62. The lowest BCUT2D eigenvalue weighted by atomic mass is 10.1. The summed E-state index contributed by atoms with van der Waals surface area (Å²) in [5.74, 6) is 1.70. The number of ether oxygens (including phenoxy) is 2. The van der Waals surface area contributed by atoms with E-state index >= 15 is 0 Å². The van der Waals surface area contributed by atoms with E-state index in [1.165, 1.54) is 22.3 Å². The summed E-state index contributed by atoms with van der Waals surface area (Å²) in [7, 11) is 3.44. The fraction of sp³-hybridized carbons (Fsp3) is 0.167. The first-order valence-corrected chi connectivity index (χ1v) is 14.3. The molecule has 0 amide bonds. The number of fused-ring (bicyclic) bond motifs is 1. The van der Waals surface area contributed by atoms with Crippen LogP contribution in [0.3, 0.4) is 0 Å². The minimum Gasteiger partial charge on any atom is -0.497 e. The Bertz CT molecular complexity index is 1780. The lowest BCUT2D eigenvalue weighted by molar-refractivity contribution is -0.663. The standard InChI is InChI=1S/C36H32N4O2/c1-41-29-10-12-35-31(19-29)33-14-16-39(35)23-27-4-3-5-28(18-27)24-40-17-15-34(32-20-30(42-2)11-13-36(32)40)38-22-26-8-6-25(7-9-26)21-37-33/h3-20H,21-24H2,1-2H3/p+2. The van der Waals surface area contributed by atoms with Crippen LogP contribution in [0, 0.1) is 0 Å². The molecule has 4 aromatic carbocycles. The monoisotopic (exact) mass is 554 g/mol. The predicted molar refractivity (Wildman–Crippen MR) is 167 cm³/mol. The average Bonchev–Trinajstić information content (AvgIpc) is 3.04. The van der Waals surface area contributed by atoms with Crippen molar-refractivity contribution in [3.63, 3.8) is 0 Å². The third kappa shape index (κ3) is 5.07. The Labute approximate surface area is 245 Å². The van der Waals surface area contributed by atoms with Crippen LogP contribution in [-0.4, -0.2) is 14.2 Å². The van der Waals surface area contributed by atoms with Gasteiger partial charge in [0.05, 0.1) is 36.4 Å². The van der Waals surface area contributed by atoms with Crippen molar-refractivity contribution >= 4 is 33.2 Å². The second-order valence-electron chi connectivity index (χ2n) is 10.8. The van der Waals surface area contributed by atoms with Gasteiger partial charge in [-0.05, 0) is 41.5 Å². The van der Waals surface area contributed by atoms with Gasteiger partial charge in [0.2, 0.25) is 11.0 Å². The number of aromatic nitrogens is 2. The molecule has 0 unspecified atom stereocenters. The molecule has 0 fully saturated rings. The van der Waals surface area contributed by atoms with Crippen LogP contribution in [-0.2, 0) is 26.2 Å². The number of benzene rings is 4. The highest BCUT2D eigenvalue weighted by molar-refractivity contribution is 5.91. The third-order valence-electron chi connectivity index (χ3n) is 8.14. The molecule has 2 N–H and O–H groups in total. The minimum absolute atomic E-state index is 0.731. The van der Waals surface area contributed by atoms with E-state index in [0.29, 0.717) is 0 Å². The topological polar surface area (TPSA) is 50.3 Å². The molecule has 0 radical (unpaired) electrons. The van der Waals surface area contributed by atoms with Gasteiger partial charge in [-0.1, -0.05) is 42.5 Å². The van der Waals surface area contributed by atoms with Crippen molar-refractivity contribution in [2.24, 2.45) is 0 Å². The van der Waals surface area contributed by atoms with E-state index in [0.717, 1.165) is 70.9 Å². The summed E-state index contributed by atoms with van der Waals surface area (Å²) in [4.78, 5) is 0. The van der Waals surface area contributed by atoms with Crippen LogP contribution in [0.4, 0.5) is 11.4 Å². The summed E-state index contributed by atoms with van der Waals surface area (Å²) in [6, 6.07) is 34.6. The predicted octanol–water partition coefficient (Wildman–Crippen LogP) is 6.22. The van der Waals surface area contributed by atoms with Gasteiger partial charge in [0, 0.05) is 48.5 Å². The van der Waals surface area contributed by atoms with Crippen LogP contribution in [0.1, 0.15) is 22.3 Å². The van der Waals surface area contributed by atoms with E-state index in [1.54, 1.807) is 14.2 Å². The van der Waals surface area contributed by atoms with Crippen LogP contribution < -0.4 is 29.2 Å². The molecule has 6 heteroatoms. The molecular formula is C36H34N4O2+2. The maximum Gasteiger partial charge on any atom is 0.215 e. The number of hydrogen-bond acceptors (Lipinski definition) is 4. The Balaban J connectivity index is 1.35. The quantitative estimate of drug-likeness (QED) is 0.250. The Kier molecular flexibility index (Phi) is 6.80. The van der Waals surface area contributed by atoms with Crippen molar-refractivity contribution < 1.29 is 18.6 Å². The van der Waals surface area contributed by atoms with Gasteiger partial charge in [0.25, 0.3) is 0 Å². The van der Waals surface area contributed by atoms with Crippen molar-refractivity contribution in [3.05, 3.63) is 132 Å². The Morgan fingerprint density at radius 3 is 1.45 bits per heavy atom. The van der Waals surface area contributed by atoms with Gasteiger partial charge >= 0.3 is 0 Å². The summed E-state index contributed by atoms with van der Waals surface area (Å²) < 4.78 is 15.8. The maximum absolute atomic E-state index is 5.59. The molecule has 8 bridgehead atoms. The minimum atomic E-state index is 0.731. The zero-order valence-corrected chi connectivity index (χ0v) is 23.9. The number of methoxy groups -OCH3 is 2. The van der Waals surface area contributed by atoms with Gasteiger partial charge in [0.15, 0.2) is 25.5 Å².